The van der Waals surface area contributed by atoms with Crippen LogP contribution in [0.4, 0.5) is 0 Å². The Morgan fingerprint density at radius 3 is 2.71 bits per heavy atom. The molecule has 0 aliphatic carbocycles. The minimum Gasteiger partial charge on any atom is -0.493 e. The predicted octanol–water partition coefficient (Wildman–Crippen LogP) is 3.71. The number of halogens is 1. The van der Waals surface area contributed by atoms with Crippen molar-refractivity contribution >= 4 is 27.7 Å². The molecule has 0 aliphatic rings. The summed E-state index contributed by atoms with van der Waals surface area (Å²) >= 11 is 5.17. The lowest BCUT2D eigenvalue weighted by Gasteiger charge is -2.12. The van der Waals surface area contributed by atoms with Gasteiger partial charge >= 0.3 is 0 Å². The zero-order valence-electron chi connectivity index (χ0n) is 15.8. The Morgan fingerprint density at radius 2 is 1.96 bits per heavy atom. The SMILES string of the molecule is COc1cc(CNCCCSc2nnnn2-c2ccccc2)cc(Br)c1OC. The van der Waals surface area contributed by atoms with Crippen LogP contribution in [0, 0.1) is 0 Å². The van der Waals surface area contributed by atoms with Gasteiger partial charge in [-0.05, 0) is 69.2 Å². The molecule has 0 radical (unpaired) electrons. The number of nitrogens with one attached hydrogen (secondary N) is 1. The van der Waals surface area contributed by atoms with Gasteiger partial charge < -0.3 is 14.8 Å². The smallest absolute Gasteiger partial charge is 0.214 e. The summed E-state index contributed by atoms with van der Waals surface area (Å²) < 4.78 is 13.4. The van der Waals surface area contributed by atoms with E-state index in [1.165, 1.54) is 0 Å². The second-order valence-corrected chi connectivity index (χ2v) is 7.82. The summed E-state index contributed by atoms with van der Waals surface area (Å²) in [6.45, 7) is 1.65. The van der Waals surface area contributed by atoms with E-state index in [0.29, 0.717) is 5.75 Å². The molecular weight excluding hydrogens is 442 g/mol. The van der Waals surface area contributed by atoms with Gasteiger partial charge in [0.2, 0.25) is 5.16 Å². The first-order valence-electron chi connectivity index (χ1n) is 8.80. The fourth-order valence-corrected chi connectivity index (χ4v) is 4.15. The highest BCUT2D eigenvalue weighted by Crippen LogP contribution is 2.36. The van der Waals surface area contributed by atoms with Crippen molar-refractivity contribution in [2.75, 3.05) is 26.5 Å². The fourth-order valence-electron chi connectivity index (χ4n) is 2.67. The number of benzene rings is 2. The Balaban J connectivity index is 1.44. The molecule has 28 heavy (non-hydrogen) atoms. The molecule has 7 nitrogen and oxygen atoms in total. The van der Waals surface area contributed by atoms with E-state index < -0.39 is 0 Å². The fraction of sp³-hybridized carbons (Fsp3) is 0.316. The van der Waals surface area contributed by atoms with Crippen LogP contribution >= 0.6 is 27.7 Å². The molecule has 1 aromatic heterocycles. The number of nitrogens with zero attached hydrogens (tertiary/aromatic N) is 4. The number of methoxy groups -OCH3 is 2. The lowest BCUT2D eigenvalue weighted by molar-refractivity contribution is 0.352. The van der Waals surface area contributed by atoms with Gasteiger partial charge in [0.05, 0.1) is 24.4 Å². The van der Waals surface area contributed by atoms with E-state index in [9.17, 15) is 0 Å². The highest BCUT2D eigenvalue weighted by atomic mass is 79.9. The molecule has 1 heterocycles. The van der Waals surface area contributed by atoms with E-state index in [0.717, 1.165) is 51.9 Å². The van der Waals surface area contributed by atoms with Crippen LogP contribution in [0.3, 0.4) is 0 Å². The minimum absolute atomic E-state index is 0.707. The highest BCUT2D eigenvalue weighted by Gasteiger charge is 2.11. The zero-order valence-corrected chi connectivity index (χ0v) is 18.2. The summed E-state index contributed by atoms with van der Waals surface area (Å²) in [4.78, 5) is 0. The predicted molar refractivity (Wildman–Crippen MR) is 113 cm³/mol. The Kier molecular flexibility index (Phi) is 7.70. The molecule has 3 aromatic rings. The molecule has 0 unspecified atom stereocenters. The first-order chi connectivity index (χ1) is 13.7. The van der Waals surface area contributed by atoms with Crippen LogP contribution in [-0.4, -0.2) is 46.7 Å². The Labute approximate surface area is 176 Å². The van der Waals surface area contributed by atoms with E-state index in [4.69, 9.17) is 9.47 Å². The molecule has 1 N–H and O–H groups in total. The Hall–Kier alpha value is -2.10. The van der Waals surface area contributed by atoms with Crippen molar-refractivity contribution in [2.45, 2.75) is 18.1 Å². The van der Waals surface area contributed by atoms with Gasteiger partial charge in [-0.25, -0.2) is 0 Å². The van der Waals surface area contributed by atoms with Gasteiger partial charge in [-0.1, -0.05) is 30.0 Å². The Bertz CT molecular complexity index is 891. The largest absolute Gasteiger partial charge is 0.493 e. The number of hydrogen-bond donors (Lipinski definition) is 1. The molecule has 0 fully saturated rings. The molecule has 0 bridgehead atoms. The molecule has 0 saturated carbocycles. The molecule has 0 amide bonds. The van der Waals surface area contributed by atoms with Crippen LogP contribution < -0.4 is 14.8 Å². The summed E-state index contributed by atoms with van der Waals surface area (Å²) in [6.07, 6.45) is 1.00. The number of tetrazole rings is 1. The quantitative estimate of drug-likeness (QED) is 0.362. The van der Waals surface area contributed by atoms with Gasteiger partial charge in [0, 0.05) is 12.3 Å². The highest BCUT2D eigenvalue weighted by molar-refractivity contribution is 9.10. The number of aromatic nitrogens is 4. The van der Waals surface area contributed by atoms with Crippen LogP contribution in [0.2, 0.25) is 0 Å². The molecule has 148 valence electrons. The van der Waals surface area contributed by atoms with Crippen molar-refractivity contribution in [3.63, 3.8) is 0 Å². The average molecular weight is 464 g/mol. The van der Waals surface area contributed by atoms with E-state index in [1.54, 1.807) is 30.7 Å². The van der Waals surface area contributed by atoms with Crippen molar-refractivity contribution in [2.24, 2.45) is 0 Å². The van der Waals surface area contributed by atoms with Gasteiger partial charge in [0.25, 0.3) is 0 Å². The molecule has 0 spiro atoms. The second-order valence-electron chi connectivity index (χ2n) is 5.90. The summed E-state index contributed by atoms with van der Waals surface area (Å²) in [5.41, 5.74) is 2.09. The third kappa shape index (κ3) is 5.24. The first kappa shape index (κ1) is 20.6. The maximum Gasteiger partial charge on any atom is 0.214 e. The topological polar surface area (TPSA) is 74.1 Å². The molecule has 9 heteroatoms. The summed E-state index contributed by atoms with van der Waals surface area (Å²) in [5, 5.41) is 16.2. The Morgan fingerprint density at radius 1 is 1.14 bits per heavy atom. The third-order valence-electron chi connectivity index (χ3n) is 3.99. The van der Waals surface area contributed by atoms with Gasteiger partial charge in [-0.15, -0.1) is 5.10 Å². The monoisotopic (exact) mass is 463 g/mol. The van der Waals surface area contributed by atoms with E-state index in [2.05, 4.69) is 36.8 Å². The maximum atomic E-state index is 5.38. The lowest BCUT2D eigenvalue weighted by atomic mass is 10.2. The van der Waals surface area contributed by atoms with Crippen molar-refractivity contribution in [1.29, 1.82) is 0 Å². The number of para-hydroxylation sites is 1. The lowest BCUT2D eigenvalue weighted by Crippen LogP contribution is -2.15. The van der Waals surface area contributed by atoms with E-state index in [-0.39, 0.29) is 0 Å². The molecule has 3 rings (SSSR count). The van der Waals surface area contributed by atoms with Crippen molar-refractivity contribution in [3.8, 4) is 17.2 Å². The summed E-state index contributed by atoms with van der Waals surface area (Å²) in [6, 6.07) is 13.9. The average Bonchev–Trinajstić information content (AvgIpc) is 3.19. The van der Waals surface area contributed by atoms with Gasteiger partial charge in [0.1, 0.15) is 0 Å². The number of hydrogen-bond acceptors (Lipinski definition) is 7. The molecule has 0 saturated heterocycles. The van der Waals surface area contributed by atoms with Crippen molar-refractivity contribution < 1.29 is 9.47 Å². The molecule has 0 aliphatic heterocycles. The molecule has 0 atom stereocenters. The standard InChI is InChI=1S/C19H22BrN5O2S/c1-26-17-12-14(11-16(20)18(17)27-2)13-21-9-6-10-28-19-22-23-24-25(19)15-7-4-3-5-8-15/h3-5,7-8,11-12,21H,6,9-10,13H2,1-2H3. The zero-order chi connectivity index (χ0) is 19.8. The third-order valence-corrected chi connectivity index (χ3v) is 5.59. The van der Waals surface area contributed by atoms with Crippen LogP contribution in [0.5, 0.6) is 11.5 Å². The summed E-state index contributed by atoms with van der Waals surface area (Å²) in [5.74, 6) is 2.35. The van der Waals surface area contributed by atoms with E-state index in [1.807, 2.05) is 42.5 Å². The first-order valence-corrected chi connectivity index (χ1v) is 10.6. The maximum absolute atomic E-state index is 5.38. The normalized spacial score (nSPS) is 10.8. The number of rotatable bonds is 10. The molecule has 2 aromatic carbocycles. The van der Waals surface area contributed by atoms with Crippen LogP contribution in [0.1, 0.15) is 12.0 Å². The van der Waals surface area contributed by atoms with Gasteiger partial charge in [-0.3, -0.25) is 0 Å². The van der Waals surface area contributed by atoms with Crippen LogP contribution in [0.25, 0.3) is 5.69 Å². The van der Waals surface area contributed by atoms with Crippen LogP contribution in [-0.2, 0) is 6.54 Å². The molecular formula is C19H22BrN5O2S. The number of thioether (sulfide) groups is 1. The van der Waals surface area contributed by atoms with Gasteiger partial charge in [0.15, 0.2) is 11.5 Å². The summed E-state index contributed by atoms with van der Waals surface area (Å²) in [7, 11) is 3.27. The van der Waals surface area contributed by atoms with Crippen molar-refractivity contribution in [1.82, 2.24) is 25.5 Å². The number of ether oxygens (including phenoxy) is 2. The van der Waals surface area contributed by atoms with Crippen molar-refractivity contribution in [3.05, 3.63) is 52.5 Å². The van der Waals surface area contributed by atoms with Gasteiger partial charge in [-0.2, -0.15) is 4.68 Å². The second kappa shape index (κ2) is 10.4. The van der Waals surface area contributed by atoms with Crippen LogP contribution in [0.15, 0.2) is 52.1 Å². The van der Waals surface area contributed by atoms with E-state index >= 15 is 0 Å². The minimum atomic E-state index is 0.707.